The summed E-state index contributed by atoms with van der Waals surface area (Å²) < 4.78 is 27.2. The first kappa shape index (κ1) is 18.5. The number of aromatic hydroxyl groups is 1. The number of phenols is 1. The Labute approximate surface area is 152 Å². The van der Waals surface area contributed by atoms with Gasteiger partial charge < -0.3 is 5.11 Å². The van der Waals surface area contributed by atoms with E-state index >= 15 is 0 Å². The first-order chi connectivity index (χ1) is 12.3. The molecule has 1 saturated heterocycles. The second kappa shape index (κ2) is 7.54. The number of aryl methyl sites for hydroxylation is 2. The Balaban J connectivity index is 1.63. The number of hydrogen-bond donors (Lipinski definition) is 1. The molecule has 3 rings (SSSR count). The van der Waals surface area contributed by atoms with Gasteiger partial charge in [-0.1, -0.05) is 6.07 Å². The minimum absolute atomic E-state index is 0.157. The van der Waals surface area contributed by atoms with Crippen LogP contribution in [0.4, 0.5) is 8.78 Å². The van der Waals surface area contributed by atoms with Gasteiger partial charge in [-0.05, 0) is 75.2 Å². The maximum absolute atomic E-state index is 13.8. The van der Waals surface area contributed by atoms with Crippen LogP contribution in [0.5, 0.6) is 5.75 Å². The number of carbonyl (C=O) groups excluding carboxylic acids is 1. The van der Waals surface area contributed by atoms with Crippen LogP contribution >= 0.6 is 0 Å². The highest BCUT2D eigenvalue weighted by atomic mass is 19.1. The Hall–Kier alpha value is -2.27. The monoisotopic (exact) mass is 359 g/mol. The molecule has 0 spiro atoms. The molecule has 0 amide bonds. The topological polar surface area (TPSA) is 40.5 Å². The maximum atomic E-state index is 13.8. The highest BCUT2D eigenvalue weighted by molar-refractivity contribution is 5.98. The summed E-state index contributed by atoms with van der Waals surface area (Å²) in [5.74, 6) is -1.60. The molecule has 2 aromatic carbocycles. The second-order valence-corrected chi connectivity index (χ2v) is 7.10. The molecule has 1 aliphatic rings. The Morgan fingerprint density at radius 2 is 1.77 bits per heavy atom. The number of likely N-dealkylation sites (tertiary alicyclic amines) is 1. The number of phenolic OH excluding ortho intramolecular Hbond substituents is 1. The standard InChI is InChI=1S/C21H23F2NO2/c1-13-9-16(20(25)10-14(13)2)12-24-7-5-15(6-8-24)21(26)18-11-17(22)3-4-19(18)23/h3-4,9-11,15,25H,5-8,12H2,1-2H3. The summed E-state index contributed by atoms with van der Waals surface area (Å²) in [4.78, 5) is 14.7. The third kappa shape index (κ3) is 3.93. The summed E-state index contributed by atoms with van der Waals surface area (Å²) in [7, 11) is 0. The highest BCUT2D eigenvalue weighted by Gasteiger charge is 2.28. The molecule has 0 aromatic heterocycles. The molecule has 1 N–H and O–H groups in total. The summed E-state index contributed by atoms with van der Waals surface area (Å²) in [6, 6.07) is 6.76. The molecular weight excluding hydrogens is 336 g/mol. The van der Waals surface area contributed by atoms with Crippen LogP contribution in [0.3, 0.4) is 0 Å². The van der Waals surface area contributed by atoms with Gasteiger partial charge in [0.25, 0.3) is 0 Å². The van der Waals surface area contributed by atoms with E-state index in [9.17, 15) is 18.7 Å². The fourth-order valence-electron chi connectivity index (χ4n) is 3.49. The average molecular weight is 359 g/mol. The van der Waals surface area contributed by atoms with E-state index in [1.807, 2.05) is 19.9 Å². The zero-order valence-electron chi connectivity index (χ0n) is 15.1. The van der Waals surface area contributed by atoms with Crippen molar-refractivity contribution >= 4 is 5.78 Å². The zero-order chi connectivity index (χ0) is 18.8. The van der Waals surface area contributed by atoms with Gasteiger partial charge in [-0.3, -0.25) is 9.69 Å². The number of hydrogen-bond acceptors (Lipinski definition) is 3. The van der Waals surface area contributed by atoms with Gasteiger partial charge in [0, 0.05) is 18.0 Å². The molecule has 0 saturated carbocycles. The van der Waals surface area contributed by atoms with E-state index in [-0.39, 0.29) is 23.0 Å². The fourth-order valence-corrected chi connectivity index (χ4v) is 3.49. The Kier molecular flexibility index (Phi) is 5.37. The van der Waals surface area contributed by atoms with Gasteiger partial charge in [0.05, 0.1) is 5.56 Å². The molecule has 1 aliphatic heterocycles. The lowest BCUT2D eigenvalue weighted by molar-refractivity contribution is 0.0829. The molecule has 0 atom stereocenters. The number of piperidine rings is 1. The van der Waals surface area contributed by atoms with Crippen LogP contribution < -0.4 is 0 Å². The first-order valence-corrected chi connectivity index (χ1v) is 8.86. The van der Waals surface area contributed by atoms with Crippen LogP contribution in [0.15, 0.2) is 30.3 Å². The summed E-state index contributed by atoms with van der Waals surface area (Å²) >= 11 is 0. The molecular formula is C21H23F2NO2. The lowest BCUT2D eigenvalue weighted by atomic mass is 9.88. The van der Waals surface area contributed by atoms with E-state index in [0.717, 1.165) is 34.9 Å². The van der Waals surface area contributed by atoms with Crippen molar-refractivity contribution in [3.05, 3.63) is 64.2 Å². The summed E-state index contributed by atoms with van der Waals surface area (Å²) in [6.45, 7) is 5.94. The van der Waals surface area contributed by atoms with Crippen molar-refractivity contribution < 1.29 is 18.7 Å². The molecule has 0 bridgehead atoms. The van der Waals surface area contributed by atoms with Crippen molar-refractivity contribution in [2.24, 2.45) is 5.92 Å². The molecule has 2 aromatic rings. The lowest BCUT2D eigenvalue weighted by Crippen LogP contribution is -2.36. The van der Waals surface area contributed by atoms with Crippen molar-refractivity contribution in [3.63, 3.8) is 0 Å². The zero-order valence-corrected chi connectivity index (χ0v) is 15.1. The molecule has 26 heavy (non-hydrogen) atoms. The largest absolute Gasteiger partial charge is 0.508 e. The number of carbonyl (C=O) groups is 1. The van der Waals surface area contributed by atoms with Crippen molar-refractivity contribution in [2.75, 3.05) is 13.1 Å². The van der Waals surface area contributed by atoms with E-state index < -0.39 is 11.6 Å². The van der Waals surface area contributed by atoms with Crippen LogP contribution in [0.25, 0.3) is 0 Å². The first-order valence-electron chi connectivity index (χ1n) is 8.86. The van der Waals surface area contributed by atoms with E-state index in [1.165, 1.54) is 0 Å². The van der Waals surface area contributed by atoms with Crippen molar-refractivity contribution in [2.45, 2.75) is 33.2 Å². The molecule has 1 fully saturated rings. The second-order valence-electron chi connectivity index (χ2n) is 7.10. The number of benzene rings is 2. The van der Waals surface area contributed by atoms with Gasteiger partial charge in [0.2, 0.25) is 0 Å². The maximum Gasteiger partial charge on any atom is 0.169 e. The SMILES string of the molecule is Cc1cc(O)c(CN2CCC(C(=O)c3cc(F)ccc3F)CC2)cc1C. The van der Waals surface area contributed by atoms with Crippen molar-refractivity contribution in [1.82, 2.24) is 4.90 Å². The van der Waals surface area contributed by atoms with Crippen molar-refractivity contribution in [1.29, 1.82) is 0 Å². The van der Waals surface area contributed by atoms with Gasteiger partial charge in [0.1, 0.15) is 17.4 Å². The van der Waals surface area contributed by atoms with Gasteiger partial charge in [-0.2, -0.15) is 0 Å². The average Bonchev–Trinajstić information content (AvgIpc) is 2.62. The minimum atomic E-state index is -0.668. The van der Waals surface area contributed by atoms with Gasteiger partial charge in [0.15, 0.2) is 5.78 Å². The normalized spacial score (nSPS) is 16.0. The van der Waals surface area contributed by atoms with Crippen molar-refractivity contribution in [3.8, 4) is 5.75 Å². The van der Waals surface area contributed by atoms with Crippen LogP contribution in [-0.4, -0.2) is 28.9 Å². The van der Waals surface area contributed by atoms with E-state index in [0.29, 0.717) is 32.5 Å². The Bertz CT molecular complexity index is 827. The molecule has 0 aliphatic carbocycles. The molecule has 3 nitrogen and oxygen atoms in total. The fraction of sp³-hybridized carbons (Fsp3) is 0.381. The smallest absolute Gasteiger partial charge is 0.169 e. The van der Waals surface area contributed by atoms with E-state index in [4.69, 9.17) is 0 Å². The van der Waals surface area contributed by atoms with E-state index in [2.05, 4.69) is 4.90 Å². The van der Waals surface area contributed by atoms with Gasteiger partial charge in [-0.15, -0.1) is 0 Å². The summed E-state index contributed by atoms with van der Waals surface area (Å²) in [5, 5.41) is 10.1. The Morgan fingerprint density at radius 1 is 1.12 bits per heavy atom. The number of Topliss-reactive ketones (excluding diaryl/α,β-unsaturated/α-hetero) is 1. The van der Waals surface area contributed by atoms with Gasteiger partial charge in [-0.25, -0.2) is 8.78 Å². The Morgan fingerprint density at radius 3 is 2.46 bits per heavy atom. The molecule has 138 valence electrons. The predicted molar refractivity (Wildman–Crippen MR) is 96.3 cm³/mol. The number of ketones is 1. The van der Waals surface area contributed by atoms with Crippen LogP contribution in [0, 0.1) is 31.4 Å². The molecule has 5 heteroatoms. The minimum Gasteiger partial charge on any atom is -0.508 e. The number of rotatable bonds is 4. The molecule has 0 unspecified atom stereocenters. The predicted octanol–water partition coefficient (Wildman–Crippen LogP) is 4.38. The summed E-state index contributed by atoms with van der Waals surface area (Å²) in [5.41, 5.74) is 2.89. The molecule has 1 heterocycles. The van der Waals surface area contributed by atoms with E-state index in [1.54, 1.807) is 6.07 Å². The highest BCUT2D eigenvalue weighted by Crippen LogP contribution is 2.27. The van der Waals surface area contributed by atoms with Crippen LogP contribution in [0.2, 0.25) is 0 Å². The lowest BCUT2D eigenvalue weighted by Gasteiger charge is -2.31. The molecule has 0 radical (unpaired) electrons. The number of nitrogens with zero attached hydrogens (tertiary/aromatic N) is 1. The van der Waals surface area contributed by atoms with Gasteiger partial charge >= 0.3 is 0 Å². The summed E-state index contributed by atoms with van der Waals surface area (Å²) in [6.07, 6.45) is 1.20. The van der Waals surface area contributed by atoms with Crippen LogP contribution in [0.1, 0.15) is 39.9 Å². The third-order valence-electron chi connectivity index (χ3n) is 5.24. The third-order valence-corrected chi connectivity index (χ3v) is 5.24. The van der Waals surface area contributed by atoms with Crippen LogP contribution in [-0.2, 0) is 6.54 Å². The number of halogens is 2. The quantitative estimate of drug-likeness (QED) is 0.824.